The molecule has 0 unspecified atom stereocenters. The third kappa shape index (κ3) is 7.03. The van der Waals surface area contributed by atoms with Gasteiger partial charge in [-0.15, -0.1) is 11.8 Å². The maximum absolute atomic E-state index is 12.0. The summed E-state index contributed by atoms with van der Waals surface area (Å²) in [6, 6.07) is 10.3. The number of hydrogen-bond acceptors (Lipinski definition) is 6. The molecule has 2 aromatic rings. The number of carboxylic acid groups (broad SMARTS) is 2. The highest BCUT2D eigenvalue weighted by Gasteiger charge is 2.12. The maximum atomic E-state index is 12.0. The second kappa shape index (κ2) is 9.95. The van der Waals surface area contributed by atoms with Crippen molar-refractivity contribution in [2.45, 2.75) is 4.90 Å². The summed E-state index contributed by atoms with van der Waals surface area (Å²) in [6.07, 6.45) is 1.63. The summed E-state index contributed by atoms with van der Waals surface area (Å²) in [7, 11) is 0. The van der Waals surface area contributed by atoms with E-state index in [4.69, 9.17) is 10.2 Å². The van der Waals surface area contributed by atoms with Gasteiger partial charge in [0.15, 0.2) is 0 Å². The number of carbonyl (C=O) groups excluding carboxylic acids is 2. The number of carbonyl (C=O) groups is 4. The molecule has 2 aromatic carbocycles. The third-order valence-corrected chi connectivity index (χ3v) is 4.39. The smallest absolute Gasteiger partial charge is 0.339 e. The molecule has 0 spiro atoms. The monoisotopic (exact) mass is 416 g/mol. The van der Waals surface area contributed by atoms with Crippen molar-refractivity contribution < 1.29 is 34.5 Å². The minimum Gasteiger partial charge on any atom is -0.507 e. The first-order valence-corrected chi connectivity index (χ1v) is 9.04. The number of aromatic carboxylic acids is 1. The highest BCUT2D eigenvalue weighted by atomic mass is 32.2. The van der Waals surface area contributed by atoms with Gasteiger partial charge in [0.05, 0.1) is 5.75 Å². The molecule has 0 radical (unpaired) electrons. The van der Waals surface area contributed by atoms with Gasteiger partial charge in [0, 0.05) is 28.4 Å². The van der Waals surface area contributed by atoms with Crippen molar-refractivity contribution in [2.24, 2.45) is 0 Å². The zero-order chi connectivity index (χ0) is 21.4. The zero-order valence-electron chi connectivity index (χ0n) is 14.8. The van der Waals surface area contributed by atoms with Crippen LogP contribution in [0.1, 0.15) is 10.4 Å². The Morgan fingerprint density at radius 3 is 2.17 bits per heavy atom. The van der Waals surface area contributed by atoms with Crippen molar-refractivity contribution in [3.05, 3.63) is 60.2 Å². The average Bonchev–Trinajstić information content (AvgIpc) is 2.67. The summed E-state index contributed by atoms with van der Waals surface area (Å²) in [6.45, 7) is 0. The van der Waals surface area contributed by atoms with E-state index in [1.165, 1.54) is 23.9 Å². The van der Waals surface area contributed by atoms with E-state index < -0.39 is 23.6 Å². The van der Waals surface area contributed by atoms with Crippen molar-refractivity contribution in [1.82, 2.24) is 0 Å². The molecule has 0 atom stereocenters. The summed E-state index contributed by atoms with van der Waals surface area (Å²) < 4.78 is 0. The summed E-state index contributed by atoms with van der Waals surface area (Å²) >= 11 is 1.22. The lowest BCUT2D eigenvalue weighted by molar-refractivity contribution is -0.131. The maximum Gasteiger partial charge on any atom is 0.339 e. The molecule has 0 saturated carbocycles. The fourth-order valence-electron chi connectivity index (χ4n) is 2.10. The lowest BCUT2D eigenvalue weighted by atomic mass is 10.2. The zero-order valence-corrected chi connectivity index (χ0v) is 15.6. The highest BCUT2D eigenvalue weighted by molar-refractivity contribution is 8.00. The van der Waals surface area contributed by atoms with E-state index in [0.717, 1.165) is 23.1 Å². The van der Waals surface area contributed by atoms with Gasteiger partial charge in [0.25, 0.3) is 0 Å². The molecule has 9 nitrogen and oxygen atoms in total. The lowest BCUT2D eigenvalue weighted by Gasteiger charge is -2.08. The second-order valence-electron chi connectivity index (χ2n) is 5.56. The van der Waals surface area contributed by atoms with Gasteiger partial charge in [-0.2, -0.15) is 0 Å². The van der Waals surface area contributed by atoms with Crippen molar-refractivity contribution in [3.8, 4) is 5.75 Å². The molecule has 0 aliphatic carbocycles. The third-order valence-electron chi connectivity index (χ3n) is 3.38. The van der Waals surface area contributed by atoms with E-state index in [0.29, 0.717) is 5.69 Å². The van der Waals surface area contributed by atoms with Gasteiger partial charge in [-0.25, -0.2) is 9.59 Å². The Morgan fingerprint density at radius 2 is 1.55 bits per heavy atom. The molecule has 29 heavy (non-hydrogen) atoms. The summed E-state index contributed by atoms with van der Waals surface area (Å²) in [5.74, 6) is -3.82. The molecule has 150 valence electrons. The van der Waals surface area contributed by atoms with Crippen LogP contribution in [0, 0.1) is 0 Å². The minimum absolute atomic E-state index is 0.0519. The summed E-state index contributed by atoms with van der Waals surface area (Å²) in [5, 5.41) is 32.0. The lowest BCUT2D eigenvalue weighted by Crippen LogP contribution is -2.14. The van der Waals surface area contributed by atoms with Gasteiger partial charge in [-0.05, 0) is 42.5 Å². The first-order chi connectivity index (χ1) is 13.7. The number of carboxylic acids is 2. The van der Waals surface area contributed by atoms with E-state index in [9.17, 15) is 24.3 Å². The molecule has 2 amide bonds. The molecule has 0 bridgehead atoms. The number of aliphatic carboxylic acids is 1. The second-order valence-corrected chi connectivity index (χ2v) is 6.61. The van der Waals surface area contributed by atoms with Crippen molar-refractivity contribution in [1.29, 1.82) is 0 Å². The SMILES string of the molecule is O=C(O)/C=C/C(=O)Nc1ccc(SCC(=O)Nc2ccc(O)c(C(=O)O)c2)cc1. The van der Waals surface area contributed by atoms with Crippen LogP contribution in [0.5, 0.6) is 5.75 Å². The largest absolute Gasteiger partial charge is 0.507 e. The predicted octanol–water partition coefficient (Wildman–Crippen LogP) is 2.40. The van der Waals surface area contributed by atoms with Crippen LogP contribution in [-0.4, -0.2) is 44.8 Å². The molecular weight excluding hydrogens is 400 g/mol. The minimum atomic E-state index is -1.31. The van der Waals surface area contributed by atoms with Gasteiger partial charge in [-0.3, -0.25) is 9.59 Å². The number of nitrogens with one attached hydrogen (secondary N) is 2. The Labute approximate surface area is 169 Å². The summed E-state index contributed by atoms with van der Waals surface area (Å²) in [4.78, 5) is 45.7. The number of phenols is 1. The van der Waals surface area contributed by atoms with Crippen LogP contribution in [0.3, 0.4) is 0 Å². The topological polar surface area (TPSA) is 153 Å². The molecule has 0 aromatic heterocycles. The van der Waals surface area contributed by atoms with Gasteiger partial charge in [0.2, 0.25) is 11.8 Å². The van der Waals surface area contributed by atoms with E-state index >= 15 is 0 Å². The van der Waals surface area contributed by atoms with Crippen LogP contribution in [-0.2, 0) is 14.4 Å². The quantitative estimate of drug-likeness (QED) is 0.250. The van der Waals surface area contributed by atoms with Gasteiger partial charge in [0.1, 0.15) is 11.3 Å². The van der Waals surface area contributed by atoms with E-state index in [2.05, 4.69) is 10.6 Å². The number of aromatic hydroxyl groups is 1. The van der Waals surface area contributed by atoms with E-state index in [1.54, 1.807) is 24.3 Å². The fraction of sp³-hybridized carbons (Fsp3) is 0.0526. The van der Waals surface area contributed by atoms with Gasteiger partial charge < -0.3 is 26.0 Å². The molecule has 0 heterocycles. The normalized spacial score (nSPS) is 10.5. The highest BCUT2D eigenvalue weighted by Crippen LogP contribution is 2.23. The number of rotatable bonds is 8. The molecule has 0 aliphatic rings. The Bertz CT molecular complexity index is 971. The number of hydrogen-bond donors (Lipinski definition) is 5. The Morgan fingerprint density at radius 1 is 0.897 bits per heavy atom. The predicted molar refractivity (Wildman–Crippen MR) is 106 cm³/mol. The number of anilines is 2. The molecule has 5 N–H and O–H groups in total. The van der Waals surface area contributed by atoms with Crippen molar-refractivity contribution in [3.63, 3.8) is 0 Å². The standard InChI is InChI=1S/C19H16N2O7S/c22-15-6-3-12(9-14(15)19(27)28)21-17(24)10-29-13-4-1-11(2-5-13)20-16(23)7-8-18(25)26/h1-9,22H,10H2,(H,20,23)(H,21,24)(H,25,26)(H,27,28)/b8-7+. The first kappa shape index (κ1) is 21.5. The molecule has 2 rings (SSSR count). The molecule has 0 aliphatic heterocycles. The Kier molecular flexibility index (Phi) is 7.38. The van der Waals surface area contributed by atoms with Gasteiger partial charge in [-0.1, -0.05) is 0 Å². The molecule has 0 saturated heterocycles. The molecular formula is C19H16N2O7S. The Hall–Kier alpha value is -3.79. The van der Waals surface area contributed by atoms with Crippen LogP contribution in [0.25, 0.3) is 0 Å². The van der Waals surface area contributed by atoms with Gasteiger partial charge >= 0.3 is 11.9 Å². The van der Waals surface area contributed by atoms with Crippen LogP contribution < -0.4 is 10.6 Å². The van der Waals surface area contributed by atoms with Crippen LogP contribution in [0.4, 0.5) is 11.4 Å². The first-order valence-electron chi connectivity index (χ1n) is 8.05. The van der Waals surface area contributed by atoms with Crippen molar-refractivity contribution >= 4 is 46.9 Å². The van der Waals surface area contributed by atoms with Crippen LogP contribution in [0.15, 0.2) is 59.5 Å². The van der Waals surface area contributed by atoms with Crippen LogP contribution in [0.2, 0.25) is 0 Å². The fourth-order valence-corrected chi connectivity index (χ4v) is 2.79. The number of amides is 2. The molecule has 10 heteroatoms. The number of thioether (sulfide) groups is 1. The Balaban J connectivity index is 1.87. The number of benzene rings is 2. The van der Waals surface area contributed by atoms with E-state index in [-0.39, 0.29) is 22.9 Å². The van der Waals surface area contributed by atoms with Crippen LogP contribution >= 0.6 is 11.8 Å². The summed E-state index contributed by atoms with van der Waals surface area (Å²) in [5.41, 5.74) is 0.397. The van der Waals surface area contributed by atoms with Crippen molar-refractivity contribution in [2.75, 3.05) is 16.4 Å². The average molecular weight is 416 g/mol. The molecule has 0 fully saturated rings. The van der Waals surface area contributed by atoms with E-state index in [1.807, 2.05) is 0 Å².